The Kier molecular flexibility index (Phi) is 6.32. The van der Waals surface area contributed by atoms with Crippen LogP contribution in [0.5, 0.6) is 5.75 Å². The van der Waals surface area contributed by atoms with Gasteiger partial charge < -0.3 is 14.4 Å². The van der Waals surface area contributed by atoms with Gasteiger partial charge in [0.05, 0.1) is 24.6 Å². The third-order valence-electron chi connectivity index (χ3n) is 6.44. The summed E-state index contributed by atoms with van der Waals surface area (Å²) in [6, 6.07) is 9.73. The monoisotopic (exact) mass is 463 g/mol. The number of carbonyl (C=O) groups is 1. The SMILES string of the molecule is CCCC[C@H](C(=O)O)n1c(=O)c2cc(OC)ccc2n(Cc2cn(C)c3cccc(C)c23)c1=O. The number of hydrogen-bond donors (Lipinski definition) is 1. The van der Waals surface area contributed by atoms with Gasteiger partial charge in [-0.25, -0.2) is 14.2 Å². The first-order valence-corrected chi connectivity index (χ1v) is 11.4. The van der Waals surface area contributed by atoms with Crippen molar-refractivity contribution in [3.8, 4) is 5.75 Å². The summed E-state index contributed by atoms with van der Waals surface area (Å²) >= 11 is 0. The van der Waals surface area contributed by atoms with Gasteiger partial charge in [-0.1, -0.05) is 31.9 Å². The quantitative estimate of drug-likeness (QED) is 0.428. The number of carboxylic acids is 1. The highest BCUT2D eigenvalue weighted by Crippen LogP contribution is 2.26. The van der Waals surface area contributed by atoms with E-state index in [-0.39, 0.29) is 18.4 Å². The van der Waals surface area contributed by atoms with Crippen molar-refractivity contribution in [2.75, 3.05) is 7.11 Å². The molecular weight excluding hydrogens is 434 g/mol. The van der Waals surface area contributed by atoms with E-state index in [2.05, 4.69) is 0 Å². The molecule has 8 heteroatoms. The standard InChI is InChI=1S/C26H29N3O5/c1-5-6-9-22(25(31)32)29-24(30)19-13-18(34-4)11-12-20(19)28(26(29)33)15-17-14-27(3)21-10-7-8-16(2)23(17)21/h7-8,10-14,22H,5-6,9,15H2,1-4H3,(H,31,32)/t22-/m1/s1. The summed E-state index contributed by atoms with van der Waals surface area (Å²) in [5.41, 5.74) is 2.22. The largest absolute Gasteiger partial charge is 0.497 e. The molecule has 2 aromatic heterocycles. The number of carboxylic acid groups (broad SMARTS) is 1. The van der Waals surface area contributed by atoms with Crippen LogP contribution in [0.15, 0.2) is 52.2 Å². The van der Waals surface area contributed by atoms with Crippen molar-refractivity contribution in [2.24, 2.45) is 7.05 Å². The van der Waals surface area contributed by atoms with Gasteiger partial charge in [0.15, 0.2) is 0 Å². The van der Waals surface area contributed by atoms with Crippen molar-refractivity contribution in [2.45, 2.75) is 45.7 Å². The highest BCUT2D eigenvalue weighted by atomic mass is 16.5. The summed E-state index contributed by atoms with van der Waals surface area (Å²) in [5.74, 6) is -0.731. The van der Waals surface area contributed by atoms with E-state index >= 15 is 0 Å². The lowest BCUT2D eigenvalue weighted by Gasteiger charge is -2.19. The van der Waals surface area contributed by atoms with Gasteiger partial charge in [-0.15, -0.1) is 0 Å². The maximum Gasteiger partial charge on any atom is 0.332 e. The molecule has 0 radical (unpaired) electrons. The fourth-order valence-corrected chi connectivity index (χ4v) is 4.71. The first kappa shape index (κ1) is 23.4. The van der Waals surface area contributed by atoms with E-state index < -0.39 is 23.3 Å². The molecule has 0 unspecified atom stereocenters. The van der Waals surface area contributed by atoms with E-state index in [4.69, 9.17) is 4.74 Å². The Balaban J connectivity index is 2.03. The van der Waals surface area contributed by atoms with Crippen LogP contribution in [0.4, 0.5) is 0 Å². The summed E-state index contributed by atoms with van der Waals surface area (Å²) in [6.07, 6.45) is 3.51. The van der Waals surface area contributed by atoms with Gasteiger partial charge in [0.2, 0.25) is 0 Å². The van der Waals surface area contributed by atoms with Crippen LogP contribution in [0.1, 0.15) is 43.4 Å². The molecule has 0 aliphatic carbocycles. The number of fused-ring (bicyclic) bond motifs is 2. The van der Waals surface area contributed by atoms with Gasteiger partial charge in [0.1, 0.15) is 11.8 Å². The van der Waals surface area contributed by atoms with Crippen molar-refractivity contribution in [1.29, 1.82) is 0 Å². The Morgan fingerprint density at radius 1 is 1.15 bits per heavy atom. The number of unbranched alkanes of at least 4 members (excludes halogenated alkanes) is 1. The van der Waals surface area contributed by atoms with Crippen LogP contribution in [0.2, 0.25) is 0 Å². The van der Waals surface area contributed by atoms with E-state index in [1.165, 1.54) is 11.7 Å². The molecule has 4 aromatic rings. The van der Waals surface area contributed by atoms with Crippen molar-refractivity contribution in [3.63, 3.8) is 0 Å². The van der Waals surface area contributed by atoms with Crippen LogP contribution in [0, 0.1) is 6.92 Å². The number of methoxy groups -OCH3 is 1. The third kappa shape index (κ3) is 3.89. The minimum atomic E-state index is -1.24. The number of benzene rings is 2. The fraction of sp³-hybridized carbons (Fsp3) is 0.346. The number of rotatable bonds is 8. The fourth-order valence-electron chi connectivity index (χ4n) is 4.71. The normalized spacial score (nSPS) is 12.4. The molecule has 34 heavy (non-hydrogen) atoms. The van der Waals surface area contributed by atoms with Gasteiger partial charge >= 0.3 is 11.7 Å². The second kappa shape index (κ2) is 9.21. The van der Waals surface area contributed by atoms with Gasteiger partial charge in [-0.05, 0) is 48.7 Å². The zero-order chi connectivity index (χ0) is 24.6. The lowest BCUT2D eigenvalue weighted by Crippen LogP contribution is -2.44. The van der Waals surface area contributed by atoms with Crippen molar-refractivity contribution in [3.05, 3.63) is 74.6 Å². The lowest BCUT2D eigenvalue weighted by molar-refractivity contribution is -0.141. The van der Waals surface area contributed by atoms with E-state index in [1.54, 1.807) is 18.2 Å². The van der Waals surface area contributed by atoms with Crippen molar-refractivity contribution >= 4 is 27.8 Å². The second-order valence-corrected chi connectivity index (χ2v) is 8.66. The van der Waals surface area contributed by atoms with Gasteiger partial charge in [-0.2, -0.15) is 0 Å². The molecule has 1 N–H and O–H groups in total. The smallest absolute Gasteiger partial charge is 0.332 e. The number of ether oxygens (including phenoxy) is 1. The molecule has 8 nitrogen and oxygen atoms in total. The van der Waals surface area contributed by atoms with E-state index in [9.17, 15) is 19.5 Å². The maximum atomic E-state index is 13.7. The highest BCUT2D eigenvalue weighted by molar-refractivity contribution is 5.87. The predicted octanol–water partition coefficient (Wildman–Crippen LogP) is 3.84. The summed E-state index contributed by atoms with van der Waals surface area (Å²) in [6.45, 7) is 4.15. The molecule has 2 aromatic carbocycles. The molecule has 0 aliphatic rings. The molecule has 0 saturated heterocycles. The minimum Gasteiger partial charge on any atom is -0.497 e. The third-order valence-corrected chi connectivity index (χ3v) is 6.44. The van der Waals surface area contributed by atoms with E-state index in [1.807, 2.05) is 49.9 Å². The van der Waals surface area contributed by atoms with Crippen LogP contribution < -0.4 is 16.0 Å². The molecule has 0 bridgehead atoms. The van der Waals surface area contributed by atoms with E-state index in [0.29, 0.717) is 17.7 Å². The second-order valence-electron chi connectivity index (χ2n) is 8.66. The summed E-state index contributed by atoms with van der Waals surface area (Å²) in [4.78, 5) is 39.3. The zero-order valence-electron chi connectivity index (χ0n) is 19.9. The molecule has 4 rings (SSSR count). The molecular formula is C26H29N3O5. The van der Waals surface area contributed by atoms with Crippen LogP contribution in [-0.2, 0) is 18.4 Å². The number of aromatic nitrogens is 3. The first-order chi connectivity index (χ1) is 16.3. The van der Waals surface area contributed by atoms with Crippen molar-refractivity contribution in [1.82, 2.24) is 13.7 Å². The lowest BCUT2D eigenvalue weighted by atomic mass is 10.1. The average molecular weight is 464 g/mol. The van der Waals surface area contributed by atoms with Crippen LogP contribution in [0.3, 0.4) is 0 Å². The van der Waals surface area contributed by atoms with Gasteiger partial charge in [-0.3, -0.25) is 9.36 Å². The average Bonchev–Trinajstić information content (AvgIpc) is 3.14. The molecule has 0 saturated carbocycles. The minimum absolute atomic E-state index is 0.198. The summed E-state index contributed by atoms with van der Waals surface area (Å²) < 4.78 is 9.70. The number of hydrogen-bond acceptors (Lipinski definition) is 4. The Bertz CT molecular complexity index is 1510. The topological polar surface area (TPSA) is 95.5 Å². The summed E-state index contributed by atoms with van der Waals surface area (Å²) in [5, 5.41) is 11.2. The number of nitrogens with zero attached hydrogens (tertiary/aromatic N) is 3. The van der Waals surface area contributed by atoms with E-state index in [0.717, 1.165) is 33.0 Å². The van der Waals surface area contributed by atoms with Crippen LogP contribution in [0.25, 0.3) is 21.8 Å². The maximum absolute atomic E-state index is 13.7. The van der Waals surface area contributed by atoms with Crippen molar-refractivity contribution < 1.29 is 14.6 Å². The molecule has 2 heterocycles. The Hall–Kier alpha value is -3.81. The Labute approximate surface area is 196 Å². The predicted molar refractivity (Wildman–Crippen MR) is 132 cm³/mol. The summed E-state index contributed by atoms with van der Waals surface area (Å²) in [7, 11) is 3.44. The molecule has 0 amide bonds. The highest BCUT2D eigenvalue weighted by Gasteiger charge is 2.26. The van der Waals surface area contributed by atoms with Crippen LogP contribution in [-0.4, -0.2) is 31.9 Å². The number of aliphatic carboxylic acids is 1. The molecule has 178 valence electrons. The molecule has 0 fully saturated rings. The van der Waals surface area contributed by atoms with Gasteiger partial charge in [0.25, 0.3) is 5.56 Å². The molecule has 0 aliphatic heterocycles. The molecule has 1 atom stereocenters. The Morgan fingerprint density at radius 3 is 2.59 bits per heavy atom. The zero-order valence-corrected chi connectivity index (χ0v) is 19.9. The molecule has 0 spiro atoms. The van der Waals surface area contributed by atoms with Crippen LogP contribution >= 0.6 is 0 Å². The van der Waals surface area contributed by atoms with Gasteiger partial charge in [0, 0.05) is 24.1 Å². The number of aryl methyl sites for hydroxylation is 2. The Morgan fingerprint density at radius 2 is 1.91 bits per heavy atom. The first-order valence-electron chi connectivity index (χ1n) is 11.4.